The number of anilines is 1. The van der Waals surface area contributed by atoms with Crippen molar-refractivity contribution in [2.45, 2.75) is 32.8 Å². The van der Waals surface area contributed by atoms with Crippen LogP contribution >= 0.6 is 15.9 Å². The van der Waals surface area contributed by atoms with Crippen LogP contribution in [0.1, 0.15) is 42.6 Å². The minimum atomic E-state index is -0.514. The van der Waals surface area contributed by atoms with Gasteiger partial charge in [0.15, 0.2) is 0 Å². The quantitative estimate of drug-likeness (QED) is 0.795. The van der Waals surface area contributed by atoms with E-state index in [1.807, 2.05) is 18.2 Å². The highest BCUT2D eigenvalue weighted by Gasteiger charge is 2.09. The summed E-state index contributed by atoms with van der Waals surface area (Å²) in [6.07, 6.45) is -0.514. The normalized spacial score (nSPS) is 12.5. The molecular formula is C18H22BrNO. The first kappa shape index (κ1) is 16.1. The Bertz CT molecular complexity index is 593. The first-order valence-corrected chi connectivity index (χ1v) is 8.04. The standard InChI is InChI=1S/C18H22BrNO/c1-12(2)14-5-7-15(8-6-14)18(21)11-20-17-9-4-13(3)10-16(17)19/h4-10,12,18,20-21H,11H2,1-3H3. The lowest BCUT2D eigenvalue weighted by molar-refractivity contribution is 0.191. The molecule has 21 heavy (non-hydrogen) atoms. The molecule has 0 saturated heterocycles. The fourth-order valence-electron chi connectivity index (χ4n) is 2.19. The number of rotatable bonds is 5. The van der Waals surface area contributed by atoms with Gasteiger partial charge in [-0.3, -0.25) is 0 Å². The minimum Gasteiger partial charge on any atom is -0.387 e. The van der Waals surface area contributed by atoms with Gasteiger partial charge in [-0.1, -0.05) is 44.2 Å². The third-order valence-electron chi connectivity index (χ3n) is 3.60. The summed E-state index contributed by atoms with van der Waals surface area (Å²) in [6.45, 7) is 6.88. The average Bonchev–Trinajstić information content (AvgIpc) is 2.46. The molecule has 0 spiro atoms. The molecule has 0 amide bonds. The zero-order valence-corrected chi connectivity index (χ0v) is 14.3. The van der Waals surface area contributed by atoms with Crippen molar-refractivity contribution in [2.75, 3.05) is 11.9 Å². The maximum atomic E-state index is 10.3. The van der Waals surface area contributed by atoms with Gasteiger partial charge in [0.2, 0.25) is 0 Å². The van der Waals surface area contributed by atoms with E-state index in [1.165, 1.54) is 11.1 Å². The molecule has 2 aromatic rings. The molecule has 0 fully saturated rings. The van der Waals surface area contributed by atoms with E-state index in [9.17, 15) is 5.11 Å². The lowest BCUT2D eigenvalue weighted by Gasteiger charge is -2.15. The predicted molar refractivity (Wildman–Crippen MR) is 92.9 cm³/mol. The van der Waals surface area contributed by atoms with Crippen LogP contribution in [0.4, 0.5) is 5.69 Å². The molecule has 0 bridgehead atoms. The van der Waals surface area contributed by atoms with Crippen LogP contribution in [0.15, 0.2) is 46.9 Å². The Kier molecular flexibility index (Phi) is 5.43. The molecular weight excluding hydrogens is 326 g/mol. The van der Waals surface area contributed by atoms with Gasteiger partial charge in [0.25, 0.3) is 0 Å². The van der Waals surface area contributed by atoms with Crippen LogP contribution in [0.5, 0.6) is 0 Å². The van der Waals surface area contributed by atoms with Crippen molar-refractivity contribution < 1.29 is 5.11 Å². The number of nitrogens with one attached hydrogen (secondary N) is 1. The molecule has 1 atom stereocenters. The molecule has 112 valence electrons. The van der Waals surface area contributed by atoms with Gasteiger partial charge in [0.1, 0.15) is 0 Å². The topological polar surface area (TPSA) is 32.3 Å². The monoisotopic (exact) mass is 347 g/mol. The molecule has 2 N–H and O–H groups in total. The summed E-state index contributed by atoms with van der Waals surface area (Å²) in [7, 11) is 0. The van der Waals surface area contributed by atoms with Gasteiger partial charge >= 0.3 is 0 Å². The van der Waals surface area contributed by atoms with E-state index in [0.717, 1.165) is 15.7 Å². The molecule has 0 heterocycles. The van der Waals surface area contributed by atoms with Gasteiger partial charge in [-0.15, -0.1) is 0 Å². The van der Waals surface area contributed by atoms with E-state index in [2.05, 4.69) is 66.3 Å². The van der Waals surface area contributed by atoms with Crippen LogP contribution in [-0.2, 0) is 0 Å². The molecule has 2 aromatic carbocycles. The van der Waals surface area contributed by atoms with Crippen LogP contribution < -0.4 is 5.32 Å². The lowest BCUT2D eigenvalue weighted by atomic mass is 10.00. The molecule has 0 aliphatic carbocycles. The van der Waals surface area contributed by atoms with Crippen LogP contribution in [0.2, 0.25) is 0 Å². The smallest absolute Gasteiger partial charge is 0.0962 e. The van der Waals surface area contributed by atoms with Gasteiger partial charge in [0, 0.05) is 16.7 Å². The molecule has 1 unspecified atom stereocenters. The summed E-state index contributed by atoms with van der Waals surface area (Å²) in [4.78, 5) is 0. The molecule has 2 rings (SSSR count). The number of aliphatic hydroxyl groups is 1. The molecule has 2 nitrogen and oxygen atoms in total. The molecule has 3 heteroatoms. The number of hydrogen-bond acceptors (Lipinski definition) is 2. The summed E-state index contributed by atoms with van der Waals surface area (Å²) in [5, 5.41) is 13.6. The average molecular weight is 348 g/mol. The van der Waals surface area contributed by atoms with Gasteiger partial charge in [-0.2, -0.15) is 0 Å². The van der Waals surface area contributed by atoms with E-state index in [-0.39, 0.29) is 0 Å². The summed E-state index contributed by atoms with van der Waals surface area (Å²) in [6, 6.07) is 14.3. The van der Waals surface area contributed by atoms with Crippen LogP contribution in [-0.4, -0.2) is 11.7 Å². The highest BCUT2D eigenvalue weighted by atomic mass is 79.9. The van der Waals surface area contributed by atoms with Gasteiger partial charge in [-0.25, -0.2) is 0 Å². The summed E-state index contributed by atoms with van der Waals surface area (Å²) in [5.74, 6) is 0.512. The minimum absolute atomic E-state index is 0.489. The lowest BCUT2D eigenvalue weighted by Crippen LogP contribution is -2.12. The van der Waals surface area contributed by atoms with E-state index < -0.39 is 6.10 Å². The number of aryl methyl sites for hydroxylation is 1. The Labute approximate surface area is 135 Å². The maximum Gasteiger partial charge on any atom is 0.0962 e. The number of benzene rings is 2. The van der Waals surface area contributed by atoms with Crippen molar-refractivity contribution >= 4 is 21.6 Å². The number of hydrogen-bond donors (Lipinski definition) is 2. The Balaban J connectivity index is 1.99. The largest absolute Gasteiger partial charge is 0.387 e. The highest BCUT2D eigenvalue weighted by molar-refractivity contribution is 9.10. The predicted octanol–water partition coefficient (Wildman–Crippen LogP) is 5.03. The molecule has 0 radical (unpaired) electrons. The van der Waals surface area contributed by atoms with Crippen LogP contribution in [0.3, 0.4) is 0 Å². The second kappa shape index (κ2) is 7.10. The van der Waals surface area contributed by atoms with E-state index >= 15 is 0 Å². The van der Waals surface area contributed by atoms with Crippen molar-refractivity contribution in [2.24, 2.45) is 0 Å². The molecule has 0 aliphatic heterocycles. The van der Waals surface area contributed by atoms with Crippen molar-refractivity contribution in [3.05, 3.63) is 63.6 Å². The van der Waals surface area contributed by atoms with Crippen LogP contribution in [0.25, 0.3) is 0 Å². The Morgan fingerprint density at radius 1 is 1.05 bits per heavy atom. The number of halogens is 1. The van der Waals surface area contributed by atoms with Crippen molar-refractivity contribution in [3.63, 3.8) is 0 Å². The van der Waals surface area contributed by atoms with Crippen LogP contribution in [0, 0.1) is 6.92 Å². The Morgan fingerprint density at radius 2 is 1.67 bits per heavy atom. The first-order chi connectivity index (χ1) is 9.97. The van der Waals surface area contributed by atoms with Crippen molar-refractivity contribution in [1.82, 2.24) is 0 Å². The zero-order chi connectivity index (χ0) is 15.4. The van der Waals surface area contributed by atoms with E-state index in [4.69, 9.17) is 0 Å². The van der Waals surface area contributed by atoms with Crippen molar-refractivity contribution in [3.8, 4) is 0 Å². The highest BCUT2D eigenvalue weighted by Crippen LogP contribution is 2.25. The molecule has 0 saturated carbocycles. The first-order valence-electron chi connectivity index (χ1n) is 7.25. The Morgan fingerprint density at radius 3 is 2.24 bits per heavy atom. The maximum absolute atomic E-state index is 10.3. The summed E-state index contributed by atoms with van der Waals surface area (Å²) < 4.78 is 1.02. The molecule has 0 aromatic heterocycles. The second-order valence-electron chi connectivity index (χ2n) is 5.70. The fourth-order valence-corrected chi connectivity index (χ4v) is 2.82. The third kappa shape index (κ3) is 4.32. The Hall–Kier alpha value is -1.32. The second-order valence-corrected chi connectivity index (χ2v) is 6.56. The number of aliphatic hydroxyl groups excluding tert-OH is 1. The fraction of sp³-hybridized carbons (Fsp3) is 0.333. The van der Waals surface area contributed by atoms with E-state index in [0.29, 0.717) is 12.5 Å². The summed E-state index contributed by atoms with van der Waals surface area (Å²) >= 11 is 3.53. The zero-order valence-electron chi connectivity index (χ0n) is 12.7. The summed E-state index contributed by atoms with van der Waals surface area (Å²) in [5.41, 5.74) is 4.44. The van der Waals surface area contributed by atoms with Gasteiger partial charge in [-0.05, 0) is 57.6 Å². The van der Waals surface area contributed by atoms with Crippen molar-refractivity contribution in [1.29, 1.82) is 0 Å². The molecule has 0 aliphatic rings. The van der Waals surface area contributed by atoms with Gasteiger partial charge in [0.05, 0.1) is 6.10 Å². The third-order valence-corrected chi connectivity index (χ3v) is 4.25. The SMILES string of the molecule is Cc1ccc(NCC(O)c2ccc(C(C)C)cc2)c(Br)c1. The van der Waals surface area contributed by atoms with Gasteiger partial charge < -0.3 is 10.4 Å². The van der Waals surface area contributed by atoms with E-state index in [1.54, 1.807) is 0 Å².